The summed E-state index contributed by atoms with van der Waals surface area (Å²) in [6, 6.07) is 12.4. The van der Waals surface area contributed by atoms with Crippen molar-refractivity contribution < 1.29 is 18.3 Å². The Hall–Kier alpha value is -3.04. The Morgan fingerprint density at radius 1 is 1.08 bits per heavy atom. The fraction of sp³-hybridized carbons (Fsp3) is 0.481. The molecule has 0 spiro atoms. The molecule has 2 aromatic carbocycles. The molecule has 36 heavy (non-hydrogen) atoms. The Balaban J connectivity index is 1.21. The molecule has 1 aromatic heterocycles. The monoisotopic (exact) mass is 497 g/mol. The number of hydrogen-bond donors (Lipinski definition) is 0. The van der Waals surface area contributed by atoms with E-state index in [2.05, 4.69) is 45.9 Å². The zero-order valence-corrected chi connectivity index (χ0v) is 20.8. The molecule has 2 fully saturated rings. The van der Waals surface area contributed by atoms with Crippen LogP contribution < -0.4 is 9.64 Å². The highest BCUT2D eigenvalue weighted by Crippen LogP contribution is 2.42. The van der Waals surface area contributed by atoms with Crippen LogP contribution in [0.15, 0.2) is 55.1 Å². The van der Waals surface area contributed by atoms with Gasteiger partial charge in [0.1, 0.15) is 35.6 Å². The van der Waals surface area contributed by atoms with Gasteiger partial charge in [0.15, 0.2) is 0 Å². The summed E-state index contributed by atoms with van der Waals surface area (Å²) in [5.74, 6) is -0.403. The van der Waals surface area contributed by atoms with Gasteiger partial charge in [-0.2, -0.15) is 5.10 Å². The van der Waals surface area contributed by atoms with Crippen molar-refractivity contribution in [3.05, 3.63) is 72.3 Å². The van der Waals surface area contributed by atoms with Crippen LogP contribution in [0.2, 0.25) is 0 Å². The second-order valence-corrected chi connectivity index (χ2v) is 10.0. The van der Waals surface area contributed by atoms with Gasteiger partial charge in [0.05, 0.1) is 19.8 Å². The standard InChI is InChI=1S/C27H33F2N5O2/c1-20(2)32-9-11-33(12-10-32)23-4-6-24(7-5-23)35-15-21-14-27(36-16-21,17-34-19-30-18-31-34)25-8-3-22(28)13-26(25)29/h3-8,13,18-21H,9-12,14-17H2,1-2H3/t21-,27+/m1/s1. The average Bonchev–Trinajstić information content (AvgIpc) is 3.54. The number of anilines is 1. The molecule has 2 atom stereocenters. The van der Waals surface area contributed by atoms with Gasteiger partial charge in [0.25, 0.3) is 0 Å². The van der Waals surface area contributed by atoms with E-state index in [4.69, 9.17) is 9.47 Å². The van der Waals surface area contributed by atoms with Crippen LogP contribution >= 0.6 is 0 Å². The van der Waals surface area contributed by atoms with Crippen molar-refractivity contribution in [1.82, 2.24) is 19.7 Å². The highest BCUT2D eigenvalue weighted by Gasteiger charge is 2.44. The Kier molecular flexibility index (Phi) is 7.20. The van der Waals surface area contributed by atoms with Crippen LogP contribution in [0, 0.1) is 17.6 Å². The minimum absolute atomic E-state index is 0.0433. The average molecular weight is 498 g/mol. The Morgan fingerprint density at radius 3 is 2.53 bits per heavy atom. The van der Waals surface area contributed by atoms with Crippen molar-refractivity contribution in [3.8, 4) is 5.75 Å². The maximum atomic E-state index is 14.8. The molecule has 2 saturated heterocycles. The fourth-order valence-electron chi connectivity index (χ4n) is 5.25. The van der Waals surface area contributed by atoms with E-state index in [0.29, 0.717) is 31.2 Å². The summed E-state index contributed by atoms with van der Waals surface area (Å²) in [6.45, 7) is 9.79. The molecule has 0 amide bonds. The van der Waals surface area contributed by atoms with Crippen molar-refractivity contribution in [2.75, 3.05) is 44.3 Å². The third kappa shape index (κ3) is 5.37. The number of hydrogen-bond acceptors (Lipinski definition) is 6. The molecule has 0 unspecified atom stereocenters. The Labute approximate surface area is 210 Å². The second-order valence-electron chi connectivity index (χ2n) is 10.0. The summed E-state index contributed by atoms with van der Waals surface area (Å²) < 4.78 is 42.3. The molecule has 3 aromatic rings. The topological polar surface area (TPSA) is 55.7 Å². The van der Waals surface area contributed by atoms with Crippen LogP contribution in [-0.4, -0.2) is 65.1 Å². The van der Waals surface area contributed by atoms with E-state index in [9.17, 15) is 8.78 Å². The maximum absolute atomic E-state index is 14.8. The molecule has 5 rings (SSSR count). The van der Waals surface area contributed by atoms with E-state index in [1.54, 1.807) is 11.0 Å². The van der Waals surface area contributed by atoms with E-state index in [1.165, 1.54) is 24.1 Å². The molecule has 7 nitrogen and oxygen atoms in total. The minimum Gasteiger partial charge on any atom is -0.493 e. The lowest BCUT2D eigenvalue weighted by Crippen LogP contribution is -2.48. The summed E-state index contributed by atoms with van der Waals surface area (Å²) in [6.07, 6.45) is 3.52. The molecule has 2 aliphatic heterocycles. The lowest BCUT2D eigenvalue weighted by molar-refractivity contribution is -0.0206. The van der Waals surface area contributed by atoms with Crippen molar-refractivity contribution >= 4 is 5.69 Å². The molecule has 2 aliphatic rings. The molecule has 0 bridgehead atoms. The van der Waals surface area contributed by atoms with Gasteiger partial charge in [0, 0.05) is 55.5 Å². The first-order valence-electron chi connectivity index (χ1n) is 12.6. The fourth-order valence-corrected chi connectivity index (χ4v) is 5.25. The van der Waals surface area contributed by atoms with Crippen LogP contribution in [0.25, 0.3) is 0 Å². The zero-order valence-electron chi connectivity index (χ0n) is 20.8. The van der Waals surface area contributed by atoms with Crippen LogP contribution in [0.4, 0.5) is 14.5 Å². The third-order valence-electron chi connectivity index (χ3n) is 7.25. The van der Waals surface area contributed by atoms with Gasteiger partial charge in [-0.25, -0.2) is 18.4 Å². The number of ether oxygens (including phenoxy) is 2. The lowest BCUT2D eigenvalue weighted by atomic mass is 9.87. The highest BCUT2D eigenvalue weighted by molar-refractivity contribution is 5.49. The second kappa shape index (κ2) is 10.5. The first-order chi connectivity index (χ1) is 17.4. The summed E-state index contributed by atoms with van der Waals surface area (Å²) in [7, 11) is 0. The van der Waals surface area contributed by atoms with E-state index >= 15 is 0 Å². The van der Waals surface area contributed by atoms with Crippen LogP contribution in [0.5, 0.6) is 5.75 Å². The molecule has 0 radical (unpaired) electrons. The van der Waals surface area contributed by atoms with E-state index < -0.39 is 17.2 Å². The molecule has 0 N–H and O–H groups in total. The summed E-state index contributed by atoms with van der Waals surface area (Å²) in [4.78, 5) is 8.89. The number of rotatable bonds is 8. The summed E-state index contributed by atoms with van der Waals surface area (Å²) in [5, 5.41) is 4.17. The largest absolute Gasteiger partial charge is 0.493 e. The van der Waals surface area contributed by atoms with Gasteiger partial charge in [-0.05, 0) is 50.6 Å². The molecular formula is C27H33F2N5O2. The van der Waals surface area contributed by atoms with Gasteiger partial charge >= 0.3 is 0 Å². The van der Waals surface area contributed by atoms with Gasteiger partial charge in [-0.3, -0.25) is 4.90 Å². The number of nitrogens with zero attached hydrogens (tertiary/aromatic N) is 5. The van der Waals surface area contributed by atoms with Gasteiger partial charge in [0.2, 0.25) is 0 Å². The molecule has 0 aliphatic carbocycles. The highest BCUT2D eigenvalue weighted by atomic mass is 19.1. The van der Waals surface area contributed by atoms with Gasteiger partial charge in [-0.15, -0.1) is 0 Å². The third-order valence-corrected chi connectivity index (χ3v) is 7.25. The normalized spacial score (nSPS) is 22.9. The van der Waals surface area contributed by atoms with Crippen molar-refractivity contribution in [2.45, 2.75) is 38.5 Å². The minimum atomic E-state index is -0.971. The first-order valence-corrected chi connectivity index (χ1v) is 12.6. The predicted octanol–water partition coefficient (Wildman–Crippen LogP) is 4.10. The smallest absolute Gasteiger partial charge is 0.137 e. The van der Waals surface area contributed by atoms with E-state index in [0.717, 1.165) is 38.0 Å². The molecule has 192 valence electrons. The molecule has 3 heterocycles. The maximum Gasteiger partial charge on any atom is 0.137 e. The quantitative estimate of drug-likeness (QED) is 0.467. The van der Waals surface area contributed by atoms with Crippen molar-refractivity contribution in [2.24, 2.45) is 5.92 Å². The van der Waals surface area contributed by atoms with Gasteiger partial charge in [-0.1, -0.05) is 6.07 Å². The Bertz CT molecular complexity index is 1130. The first kappa shape index (κ1) is 24.6. The van der Waals surface area contributed by atoms with Crippen molar-refractivity contribution in [3.63, 3.8) is 0 Å². The van der Waals surface area contributed by atoms with Crippen molar-refractivity contribution in [1.29, 1.82) is 0 Å². The molecule has 9 heteroatoms. The van der Waals surface area contributed by atoms with Crippen LogP contribution in [0.3, 0.4) is 0 Å². The predicted molar refractivity (Wildman–Crippen MR) is 133 cm³/mol. The van der Waals surface area contributed by atoms with E-state index in [1.807, 2.05) is 12.1 Å². The Morgan fingerprint density at radius 2 is 1.86 bits per heavy atom. The number of benzene rings is 2. The lowest BCUT2D eigenvalue weighted by Gasteiger charge is -2.38. The number of halogens is 2. The van der Waals surface area contributed by atoms with Crippen LogP contribution in [0.1, 0.15) is 25.8 Å². The molecular weight excluding hydrogens is 464 g/mol. The van der Waals surface area contributed by atoms with E-state index in [-0.39, 0.29) is 12.5 Å². The number of piperazine rings is 1. The van der Waals surface area contributed by atoms with Crippen LogP contribution in [-0.2, 0) is 16.9 Å². The summed E-state index contributed by atoms with van der Waals surface area (Å²) >= 11 is 0. The van der Waals surface area contributed by atoms with Gasteiger partial charge < -0.3 is 14.4 Å². The molecule has 0 saturated carbocycles. The zero-order chi connectivity index (χ0) is 25.1. The SMILES string of the molecule is CC(C)N1CCN(c2ccc(OC[C@@H]3CO[C@@](Cn4cncn4)(c4ccc(F)cc4F)C3)cc2)CC1. The number of aromatic nitrogens is 3. The summed E-state index contributed by atoms with van der Waals surface area (Å²) in [5.41, 5.74) is 0.555.